The number of aliphatic imine (C=N–C) groups is 1. The van der Waals surface area contributed by atoms with Gasteiger partial charge in [0.1, 0.15) is 5.75 Å². The lowest BCUT2D eigenvalue weighted by molar-refractivity contribution is 0.129. The second-order valence-electron chi connectivity index (χ2n) is 7.79. The normalized spacial score (nSPS) is 18.2. The van der Waals surface area contributed by atoms with E-state index in [0.717, 1.165) is 70.6 Å². The molecule has 2 fully saturated rings. The van der Waals surface area contributed by atoms with Crippen LogP contribution in [0.3, 0.4) is 0 Å². The Kier molecular flexibility index (Phi) is 9.82. The van der Waals surface area contributed by atoms with Crippen LogP contribution in [0.4, 0.5) is 5.69 Å². The molecule has 0 radical (unpaired) electrons. The molecule has 1 N–H and O–H groups in total. The Morgan fingerprint density at radius 1 is 1.17 bits per heavy atom. The Morgan fingerprint density at radius 3 is 2.55 bits per heavy atom. The fourth-order valence-electron chi connectivity index (χ4n) is 3.75. The Bertz CT molecular complexity index is 643. The summed E-state index contributed by atoms with van der Waals surface area (Å²) in [5.74, 6) is 1.98. The van der Waals surface area contributed by atoms with Gasteiger partial charge in [0.15, 0.2) is 5.96 Å². The Balaban J connectivity index is 0.00000300. The minimum Gasteiger partial charge on any atom is -0.497 e. The largest absolute Gasteiger partial charge is 0.497 e. The zero-order chi connectivity index (χ0) is 19.8. The number of hydrogen-bond donors (Lipinski definition) is 1. The van der Waals surface area contributed by atoms with Crippen molar-refractivity contribution in [2.75, 3.05) is 64.5 Å². The molecular formula is C22H37IN4O2. The maximum Gasteiger partial charge on any atom is 0.194 e. The predicted molar refractivity (Wildman–Crippen MR) is 131 cm³/mol. The third-order valence-corrected chi connectivity index (χ3v) is 5.83. The summed E-state index contributed by atoms with van der Waals surface area (Å²) >= 11 is 0. The van der Waals surface area contributed by atoms with Gasteiger partial charge in [-0.05, 0) is 50.7 Å². The molecule has 0 atom stereocenters. The lowest BCUT2D eigenvalue weighted by atomic mass is 10.0. The van der Waals surface area contributed by atoms with Crippen LogP contribution in [-0.4, -0.2) is 70.5 Å². The van der Waals surface area contributed by atoms with Gasteiger partial charge >= 0.3 is 0 Å². The molecule has 164 valence electrons. The summed E-state index contributed by atoms with van der Waals surface area (Å²) < 4.78 is 10.9. The molecule has 1 saturated carbocycles. The summed E-state index contributed by atoms with van der Waals surface area (Å²) in [5, 5.41) is 3.50. The van der Waals surface area contributed by atoms with E-state index in [0.29, 0.717) is 5.41 Å². The highest BCUT2D eigenvalue weighted by Gasteiger charge is 2.42. The highest BCUT2D eigenvalue weighted by molar-refractivity contribution is 14.0. The molecule has 0 amide bonds. The van der Waals surface area contributed by atoms with Gasteiger partial charge in [-0.1, -0.05) is 6.07 Å². The highest BCUT2D eigenvalue weighted by Crippen LogP contribution is 2.49. The molecule has 7 heteroatoms. The molecule has 29 heavy (non-hydrogen) atoms. The molecule has 2 aliphatic rings. The fraction of sp³-hybridized carbons (Fsp3) is 0.682. The van der Waals surface area contributed by atoms with Crippen molar-refractivity contribution in [1.82, 2.24) is 10.2 Å². The van der Waals surface area contributed by atoms with Crippen LogP contribution in [-0.2, 0) is 4.74 Å². The number of piperazine rings is 1. The zero-order valence-corrected chi connectivity index (χ0v) is 20.5. The minimum absolute atomic E-state index is 0. The number of halogens is 1. The van der Waals surface area contributed by atoms with Gasteiger partial charge < -0.3 is 24.6 Å². The third-order valence-electron chi connectivity index (χ3n) is 5.83. The first kappa shape index (κ1) is 24.1. The summed E-state index contributed by atoms with van der Waals surface area (Å²) in [5.41, 5.74) is 1.62. The third kappa shape index (κ3) is 6.91. The maximum atomic E-state index is 5.56. The first-order chi connectivity index (χ1) is 13.7. The molecule has 3 rings (SSSR count). The number of nitrogens with one attached hydrogen (secondary N) is 1. The van der Waals surface area contributed by atoms with Gasteiger partial charge in [-0.25, -0.2) is 0 Å². The van der Waals surface area contributed by atoms with Crippen LogP contribution < -0.4 is 15.0 Å². The molecule has 1 heterocycles. The smallest absolute Gasteiger partial charge is 0.194 e. The molecular weight excluding hydrogens is 479 g/mol. The van der Waals surface area contributed by atoms with Gasteiger partial charge in [0.2, 0.25) is 0 Å². The van der Waals surface area contributed by atoms with Crippen molar-refractivity contribution >= 4 is 35.6 Å². The van der Waals surface area contributed by atoms with E-state index in [4.69, 9.17) is 14.5 Å². The summed E-state index contributed by atoms with van der Waals surface area (Å²) in [6, 6.07) is 8.33. The lowest BCUT2D eigenvalue weighted by Crippen LogP contribution is -2.52. The van der Waals surface area contributed by atoms with Crippen molar-refractivity contribution in [3.05, 3.63) is 24.3 Å². The highest BCUT2D eigenvalue weighted by atomic mass is 127. The van der Waals surface area contributed by atoms with E-state index in [1.165, 1.54) is 18.5 Å². The van der Waals surface area contributed by atoms with Gasteiger partial charge in [-0.15, -0.1) is 24.0 Å². The van der Waals surface area contributed by atoms with Crippen LogP contribution in [0.2, 0.25) is 0 Å². The van der Waals surface area contributed by atoms with Crippen LogP contribution >= 0.6 is 24.0 Å². The second kappa shape index (κ2) is 11.8. The number of ether oxygens (including phenoxy) is 2. The van der Waals surface area contributed by atoms with E-state index in [9.17, 15) is 0 Å². The van der Waals surface area contributed by atoms with Crippen molar-refractivity contribution in [2.45, 2.75) is 33.1 Å². The Hall–Kier alpha value is -1.22. The average molecular weight is 516 g/mol. The van der Waals surface area contributed by atoms with Crippen molar-refractivity contribution in [3.8, 4) is 5.75 Å². The molecule has 0 bridgehead atoms. The van der Waals surface area contributed by atoms with E-state index >= 15 is 0 Å². The van der Waals surface area contributed by atoms with Crippen molar-refractivity contribution in [2.24, 2.45) is 10.4 Å². The molecule has 1 saturated heterocycles. The Morgan fingerprint density at radius 2 is 1.93 bits per heavy atom. The van der Waals surface area contributed by atoms with E-state index in [2.05, 4.69) is 47.2 Å². The fourth-order valence-corrected chi connectivity index (χ4v) is 3.75. The minimum atomic E-state index is 0. The first-order valence-electron chi connectivity index (χ1n) is 10.7. The van der Waals surface area contributed by atoms with Crippen LogP contribution in [0.25, 0.3) is 0 Å². The quantitative estimate of drug-likeness (QED) is 0.235. The molecule has 1 aromatic rings. The molecule has 0 unspecified atom stereocenters. The summed E-state index contributed by atoms with van der Waals surface area (Å²) in [6.45, 7) is 11.6. The van der Waals surface area contributed by atoms with E-state index in [1.807, 2.05) is 6.07 Å². The van der Waals surface area contributed by atoms with E-state index in [1.54, 1.807) is 7.11 Å². The zero-order valence-electron chi connectivity index (χ0n) is 18.2. The molecule has 1 aromatic carbocycles. The topological polar surface area (TPSA) is 49.3 Å². The molecule has 6 nitrogen and oxygen atoms in total. The van der Waals surface area contributed by atoms with Gasteiger partial charge in [0.25, 0.3) is 0 Å². The van der Waals surface area contributed by atoms with Gasteiger partial charge in [-0.3, -0.25) is 4.99 Å². The molecule has 1 aliphatic heterocycles. The van der Waals surface area contributed by atoms with Crippen molar-refractivity contribution in [3.63, 3.8) is 0 Å². The molecule has 0 aromatic heterocycles. The number of anilines is 1. The molecule has 0 spiro atoms. The standard InChI is InChI=1S/C22H36N4O2.HI/c1-4-23-21(24-18-22(9-10-22)11-16-28-5-2)26-14-12-25(13-15-26)19-7-6-8-20(17-19)27-3;/h6-8,17H,4-5,9-16,18H2,1-3H3,(H,23,24);1H. The number of methoxy groups -OCH3 is 1. The predicted octanol–water partition coefficient (Wildman–Crippen LogP) is 3.61. The summed E-state index contributed by atoms with van der Waals surface area (Å²) in [6.07, 6.45) is 3.70. The monoisotopic (exact) mass is 516 g/mol. The summed E-state index contributed by atoms with van der Waals surface area (Å²) in [7, 11) is 1.72. The van der Waals surface area contributed by atoms with E-state index in [-0.39, 0.29) is 24.0 Å². The van der Waals surface area contributed by atoms with Crippen LogP contribution in [0.1, 0.15) is 33.1 Å². The number of nitrogens with zero attached hydrogens (tertiary/aromatic N) is 3. The second-order valence-corrected chi connectivity index (χ2v) is 7.79. The number of benzene rings is 1. The molecule has 1 aliphatic carbocycles. The first-order valence-corrected chi connectivity index (χ1v) is 10.7. The summed E-state index contributed by atoms with van der Waals surface area (Å²) in [4.78, 5) is 9.84. The van der Waals surface area contributed by atoms with Crippen LogP contribution in [0, 0.1) is 5.41 Å². The Labute approximate surface area is 193 Å². The maximum absolute atomic E-state index is 5.56. The van der Waals surface area contributed by atoms with Crippen molar-refractivity contribution < 1.29 is 9.47 Å². The van der Waals surface area contributed by atoms with Gasteiger partial charge in [0, 0.05) is 64.2 Å². The number of hydrogen-bond acceptors (Lipinski definition) is 4. The average Bonchev–Trinajstić information content (AvgIpc) is 3.51. The van der Waals surface area contributed by atoms with Gasteiger partial charge in [-0.2, -0.15) is 0 Å². The lowest BCUT2D eigenvalue weighted by Gasteiger charge is -2.38. The number of rotatable bonds is 9. The van der Waals surface area contributed by atoms with Crippen molar-refractivity contribution in [1.29, 1.82) is 0 Å². The number of guanidine groups is 1. The van der Waals surface area contributed by atoms with Crippen LogP contribution in [0.5, 0.6) is 5.75 Å². The van der Waals surface area contributed by atoms with Gasteiger partial charge in [0.05, 0.1) is 7.11 Å². The van der Waals surface area contributed by atoms with Crippen LogP contribution in [0.15, 0.2) is 29.3 Å². The SMILES string of the molecule is CCNC(=NCC1(CCOCC)CC1)N1CCN(c2cccc(OC)c2)CC1.I. The van der Waals surface area contributed by atoms with E-state index < -0.39 is 0 Å².